The van der Waals surface area contributed by atoms with Gasteiger partial charge >= 0.3 is 0 Å². The standard InChI is InChI=1S/C20H30N2O3S2/c1-20(2,22-8-10-24-11-9-22)15-21-18(23)14-25-17-6-4-16(5-7-17)19-26-12-3-13-27-19/h4-7,19H,3,8-15H2,1-2H3,(H,21,23). The van der Waals surface area contributed by atoms with Crippen LogP contribution in [0.25, 0.3) is 0 Å². The maximum atomic E-state index is 12.2. The molecular formula is C20H30N2O3S2. The number of ether oxygens (including phenoxy) is 2. The van der Waals surface area contributed by atoms with Crippen molar-refractivity contribution in [3.8, 4) is 5.75 Å². The number of hydrogen-bond donors (Lipinski definition) is 1. The molecule has 1 N–H and O–H groups in total. The molecule has 3 rings (SSSR count). The van der Waals surface area contributed by atoms with E-state index in [-0.39, 0.29) is 18.1 Å². The van der Waals surface area contributed by atoms with Crippen LogP contribution in [0.15, 0.2) is 24.3 Å². The van der Waals surface area contributed by atoms with Gasteiger partial charge in [0.25, 0.3) is 5.91 Å². The second-order valence-electron chi connectivity index (χ2n) is 7.47. The van der Waals surface area contributed by atoms with Gasteiger partial charge in [0.1, 0.15) is 5.75 Å². The maximum Gasteiger partial charge on any atom is 0.258 e. The van der Waals surface area contributed by atoms with E-state index in [1.165, 1.54) is 23.5 Å². The number of rotatable bonds is 7. The molecule has 2 fully saturated rings. The summed E-state index contributed by atoms with van der Waals surface area (Å²) in [7, 11) is 0. The van der Waals surface area contributed by atoms with Crippen LogP contribution in [0.5, 0.6) is 5.75 Å². The van der Waals surface area contributed by atoms with Crippen LogP contribution in [-0.2, 0) is 9.53 Å². The number of nitrogens with one attached hydrogen (secondary N) is 1. The Morgan fingerprint density at radius 1 is 1.22 bits per heavy atom. The van der Waals surface area contributed by atoms with Gasteiger partial charge in [-0.2, -0.15) is 0 Å². The maximum absolute atomic E-state index is 12.2. The first-order valence-corrected chi connectivity index (χ1v) is 11.7. The summed E-state index contributed by atoms with van der Waals surface area (Å²) in [4.78, 5) is 14.5. The highest BCUT2D eigenvalue weighted by Gasteiger charge is 2.28. The molecule has 0 aliphatic carbocycles. The molecule has 2 aliphatic rings. The second-order valence-corrected chi connectivity index (χ2v) is 10.2. The molecule has 150 valence electrons. The molecule has 1 aromatic rings. The number of carbonyl (C=O) groups is 1. The van der Waals surface area contributed by atoms with E-state index in [2.05, 4.69) is 36.2 Å². The van der Waals surface area contributed by atoms with Gasteiger partial charge in [-0.1, -0.05) is 12.1 Å². The van der Waals surface area contributed by atoms with E-state index in [1.807, 2.05) is 35.7 Å². The second kappa shape index (κ2) is 10.0. The summed E-state index contributed by atoms with van der Waals surface area (Å²) >= 11 is 4.01. The SMILES string of the molecule is CC(C)(CNC(=O)COc1ccc(C2SCCCS2)cc1)N1CCOCC1. The van der Waals surface area contributed by atoms with Crippen molar-refractivity contribution in [1.29, 1.82) is 0 Å². The topological polar surface area (TPSA) is 50.8 Å². The van der Waals surface area contributed by atoms with Crippen LogP contribution in [0.1, 0.15) is 30.4 Å². The minimum atomic E-state index is -0.0869. The lowest BCUT2D eigenvalue weighted by molar-refractivity contribution is -0.123. The van der Waals surface area contributed by atoms with Crippen LogP contribution < -0.4 is 10.1 Å². The summed E-state index contributed by atoms with van der Waals surface area (Å²) in [5.41, 5.74) is 1.24. The number of amides is 1. The zero-order valence-electron chi connectivity index (χ0n) is 16.2. The van der Waals surface area contributed by atoms with E-state index in [9.17, 15) is 4.79 Å². The van der Waals surface area contributed by atoms with Crippen molar-refractivity contribution >= 4 is 29.4 Å². The summed E-state index contributed by atoms with van der Waals surface area (Å²) in [6.07, 6.45) is 1.30. The van der Waals surface area contributed by atoms with Gasteiger partial charge in [-0.3, -0.25) is 9.69 Å². The zero-order valence-corrected chi connectivity index (χ0v) is 17.9. The minimum absolute atomic E-state index is 0.0471. The summed E-state index contributed by atoms with van der Waals surface area (Å²) in [5, 5.41) is 3.00. The van der Waals surface area contributed by atoms with E-state index in [1.54, 1.807) is 0 Å². The highest BCUT2D eigenvalue weighted by Crippen LogP contribution is 2.43. The first-order valence-electron chi connectivity index (χ1n) is 9.60. The summed E-state index contributed by atoms with van der Waals surface area (Å²) in [5.74, 6) is 3.12. The van der Waals surface area contributed by atoms with Crippen LogP contribution in [0, 0.1) is 0 Å². The molecule has 0 spiro atoms. The number of hydrogen-bond acceptors (Lipinski definition) is 6. The summed E-state index contributed by atoms with van der Waals surface area (Å²) in [6.45, 7) is 8.28. The molecule has 2 aliphatic heterocycles. The minimum Gasteiger partial charge on any atom is -0.484 e. The van der Waals surface area contributed by atoms with Gasteiger partial charge in [-0.05, 0) is 49.5 Å². The lowest BCUT2D eigenvalue weighted by atomic mass is 10.0. The summed E-state index contributed by atoms with van der Waals surface area (Å²) < 4.78 is 11.6. The Labute approximate surface area is 170 Å². The molecular weight excluding hydrogens is 380 g/mol. The Bertz CT molecular complexity index is 598. The fourth-order valence-electron chi connectivity index (χ4n) is 3.20. The third-order valence-electron chi connectivity index (χ3n) is 4.93. The van der Waals surface area contributed by atoms with Crippen molar-refractivity contribution in [2.24, 2.45) is 0 Å². The highest BCUT2D eigenvalue weighted by molar-refractivity contribution is 8.16. The van der Waals surface area contributed by atoms with Crippen molar-refractivity contribution in [1.82, 2.24) is 10.2 Å². The van der Waals surface area contributed by atoms with Crippen LogP contribution in [0.2, 0.25) is 0 Å². The number of carbonyl (C=O) groups excluding carboxylic acids is 1. The Morgan fingerprint density at radius 3 is 2.56 bits per heavy atom. The zero-order chi connectivity index (χ0) is 19.1. The van der Waals surface area contributed by atoms with Gasteiger partial charge in [0.15, 0.2) is 6.61 Å². The highest BCUT2D eigenvalue weighted by atomic mass is 32.2. The monoisotopic (exact) mass is 410 g/mol. The molecule has 1 amide bonds. The average molecular weight is 411 g/mol. The van der Waals surface area contributed by atoms with Gasteiger partial charge in [0.2, 0.25) is 0 Å². The van der Waals surface area contributed by atoms with Crippen molar-refractivity contribution < 1.29 is 14.3 Å². The molecule has 2 saturated heterocycles. The smallest absolute Gasteiger partial charge is 0.258 e. The lowest BCUT2D eigenvalue weighted by Gasteiger charge is -2.40. The van der Waals surface area contributed by atoms with E-state index in [0.717, 1.165) is 32.1 Å². The van der Waals surface area contributed by atoms with Crippen molar-refractivity contribution in [2.75, 3.05) is 51.0 Å². The van der Waals surface area contributed by atoms with Crippen molar-refractivity contribution in [3.05, 3.63) is 29.8 Å². The van der Waals surface area contributed by atoms with E-state index in [0.29, 0.717) is 11.1 Å². The first-order chi connectivity index (χ1) is 13.0. The molecule has 0 aromatic heterocycles. The van der Waals surface area contributed by atoms with E-state index < -0.39 is 0 Å². The van der Waals surface area contributed by atoms with E-state index >= 15 is 0 Å². The van der Waals surface area contributed by atoms with Gasteiger partial charge in [0.05, 0.1) is 17.8 Å². The lowest BCUT2D eigenvalue weighted by Crippen LogP contribution is -2.55. The molecule has 1 aromatic carbocycles. The normalized spacial score (nSPS) is 19.6. The largest absolute Gasteiger partial charge is 0.484 e. The number of morpholine rings is 1. The first kappa shape index (κ1) is 20.8. The van der Waals surface area contributed by atoms with Crippen LogP contribution >= 0.6 is 23.5 Å². The Balaban J connectivity index is 1.40. The van der Waals surface area contributed by atoms with Crippen LogP contribution in [0.4, 0.5) is 0 Å². The van der Waals surface area contributed by atoms with E-state index in [4.69, 9.17) is 9.47 Å². The molecule has 0 saturated carbocycles. The molecule has 7 heteroatoms. The number of benzene rings is 1. The van der Waals surface area contributed by atoms with Crippen LogP contribution in [-0.4, -0.2) is 67.3 Å². The Hall–Kier alpha value is -0.890. The number of nitrogens with zero attached hydrogens (tertiary/aromatic N) is 1. The quantitative estimate of drug-likeness (QED) is 0.745. The third kappa shape index (κ3) is 6.31. The van der Waals surface area contributed by atoms with Crippen molar-refractivity contribution in [2.45, 2.75) is 30.4 Å². The molecule has 0 unspecified atom stereocenters. The predicted molar refractivity (Wildman–Crippen MR) is 114 cm³/mol. The fraction of sp³-hybridized carbons (Fsp3) is 0.650. The van der Waals surface area contributed by atoms with Gasteiger partial charge in [0, 0.05) is 25.2 Å². The van der Waals surface area contributed by atoms with Crippen LogP contribution in [0.3, 0.4) is 0 Å². The average Bonchev–Trinajstić information content (AvgIpc) is 2.72. The molecule has 0 radical (unpaired) electrons. The van der Waals surface area contributed by atoms with Crippen molar-refractivity contribution in [3.63, 3.8) is 0 Å². The number of thioether (sulfide) groups is 2. The molecule has 27 heavy (non-hydrogen) atoms. The fourth-order valence-corrected chi connectivity index (χ4v) is 6.09. The summed E-state index contributed by atoms with van der Waals surface area (Å²) in [6, 6.07) is 8.17. The Morgan fingerprint density at radius 2 is 1.89 bits per heavy atom. The van der Waals surface area contributed by atoms with Gasteiger partial charge in [-0.25, -0.2) is 0 Å². The van der Waals surface area contributed by atoms with Gasteiger partial charge in [-0.15, -0.1) is 23.5 Å². The predicted octanol–water partition coefficient (Wildman–Crippen LogP) is 3.16. The Kier molecular flexibility index (Phi) is 7.75. The third-order valence-corrected chi connectivity index (χ3v) is 7.95. The molecule has 2 heterocycles. The van der Waals surface area contributed by atoms with Gasteiger partial charge < -0.3 is 14.8 Å². The molecule has 5 nitrogen and oxygen atoms in total. The molecule has 0 bridgehead atoms. The molecule has 0 atom stereocenters.